The highest BCUT2D eigenvalue weighted by Gasteiger charge is 2.20. The van der Waals surface area contributed by atoms with Crippen LogP contribution in [-0.4, -0.2) is 23.0 Å². The number of benzene rings is 2. The van der Waals surface area contributed by atoms with Crippen LogP contribution in [0.15, 0.2) is 48.5 Å². The molecule has 4 rings (SSSR count). The molecular weight excluding hydrogens is 358 g/mol. The van der Waals surface area contributed by atoms with Gasteiger partial charge in [-0.2, -0.15) is 0 Å². The molecule has 0 amide bonds. The van der Waals surface area contributed by atoms with E-state index >= 15 is 0 Å². The first kappa shape index (κ1) is 17.7. The van der Waals surface area contributed by atoms with Crippen molar-refractivity contribution in [3.63, 3.8) is 0 Å². The van der Waals surface area contributed by atoms with E-state index in [1.165, 1.54) is 24.8 Å². The van der Waals surface area contributed by atoms with Crippen molar-refractivity contribution in [1.82, 2.24) is 4.98 Å². The van der Waals surface area contributed by atoms with Gasteiger partial charge in [0.15, 0.2) is 5.13 Å². The Balaban J connectivity index is 1.78. The molecule has 2 heterocycles. The first-order valence-electron chi connectivity index (χ1n) is 9.19. The number of aryl methyl sites for hydroxylation is 1. The van der Waals surface area contributed by atoms with Gasteiger partial charge in [0.2, 0.25) is 0 Å². The van der Waals surface area contributed by atoms with Crippen molar-refractivity contribution in [3.8, 4) is 21.7 Å². The summed E-state index contributed by atoms with van der Waals surface area (Å²) in [5.41, 5.74) is 4.32. The second-order valence-electron chi connectivity index (χ2n) is 6.89. The fourth-order valence-electron chi connectivity index (χ4n) is 3.37. The van der Waals surface area contributed by atoms with Crippen molar-refractivity contribution >= 4 is 22.2 Å². The molecule has 0 atom stereocenters. The number of nitro groups is 1. The Morgan fingerprint density at radius 1 is 0.963 bits per heavy atom. The SMILES string of the molecule is Cc1ccc(-c2nc(N3CCCCC3)sc2-c2ccc([N+](=O)[O-])cc2)cc1. The highest BCUT2D eigenvalue weighted by Crippen LogP contribution is 2.41. The third kappa shape index (κ3) is 3.71. The zero-order valence-corrected chi connectivity index (χ0v) is 16.0. The van der Waals surface area contributed by atoms with Crippen LogP contribution in [0, 0.1) is 17.0 Å². The molecule has 6 heteroatoms. The smallest absolute Gasteiger partial charge is 0.269 e. The van der Waals surface area contributed by atoms with Crippen LogP contribution in [-0.2, 0) is 0 Å². The molecule has 1 aliphatic heterocycles. The molecule has 0 aliphatic carbocycles. The monoisotopic (exact) mass is 379 g/mol. The summed E-state index contributed by atoms with van der Waals surface area (Å²) in [4.78, 5) is 19.0. The number of hydrogen-bond donors (Lipinski definition) is 0. The summed E-state index contributed by atoms with van der Waals surface area (Å²) in [6, 6.07) is 15.2. The van der Waals surface area contributed by atoms with Crippen LogP contribution in [0.5, 0.6) is 0 Å². The molecule has 1 aromatic heterocycles. The topological polar surface area (TPSA) is 59.3 Å². The van der Waals surface area contributed by atoms with Crippen LogP contribution >= 0.6 is 11.3 Å². The minimum absolute atomic E-state index is 0.108. The maximum Gasteiger partial charge on any atom is 0.269 e. The van der Waals surface area contributed by atoms with Crippen molar-refractivity contribution in [1.29, 1.82) is 0 Å². The minimum atomic E-state index is -0.365. The van der Waals surface area contributed by atoms with Crippen molar-refractivity contribution in [2.75, 3.05) is 18.0 Å². The fraction of sp³-hybridized carbons (Fsp3) is 0.286. The Labute approximate surface area is 162 Å². The van der Waals surface area contributed by atoms with Crippen molar-refractivity contribution in [3.05, 3.63) is 64.2 Å². The van der Waals surface area contributed by atoms with E-state index in [1.807, 2.05) is 12.1 Å². The summed E-state index contributed by atoms with van der Waals surface area (Å²) in [5, 5.41) is 12.0. The van der Waals surface area contributed by atoms with E-state index in [2.05, 4.69) is 36.1 Å². The highest BCUT2D eigenvalue weighted by molar-refractivity contribution is 7.19. The quantitative estimate of drug-likeness (QED) is 0.432. The van der Waals surface area contributed by atoms with Gasteiger partial charge in [0.25, 0.3) is 5.69 Å². The van der Waals surface area contributed by atoms with Crippen LogP contribution in [0.3, 0.4) is 0 Å². The Morgan fingerprint density at radius 3 is 2.22 bits per heavy atom. The average Bonchev–Trinajstić information content (AvgIpc) is 3.15. The molecule has 0 N–H and O–H groups in total. The second kappa shape index (κ2) is 7.48. The molecule has 138 valence electrons. The molecular formula is C21H21N3O2S. The molecule has 0 unspecified atom stereocenters. The van der Waals surface area contributed by atoms with Gasteiger partial charge in [-0.25, -0.2) is 4.98 Å². The number of aromatic nitrogens is 1. The first-order chi connectivity index (χ1) is 13.1. The highest BCUT2D eigenvalue weighted by atomic mass is 32.1. The molecule has 0 saturated carbocycles. The summed E-state index contributed by atoms with van der Waals surface area (Å²) < 4.78 is 0. The number of hydrogen-bond acceptors (Lipinski definition) is 5. The third-order valence-corrected chi connectivity index (χ3v) is 6.07. The number of thiazole rings is 1. The predicted molar refractivity (Wildman–Crippen MR) is 110 cm³/mol. The lowest BCUT2D eigenvalue weighted by molar-refractivity contribution is -0.384. The van der Waals surface area contributed by atoms with Crippen LogP contribution in [0.25, 0.3) is 21.7 Å². The molecule has 3 aromatic rings. The largest absolute Gasteiger partial charge is 0.348 e. The van der Waals surface area contributed by atoms with Crippen LogP contribution < -0.4 is 4.90 Å². The van der Waals surface area contributed by atoms with Crippen LogP contribution in [0.2, 0.25) is 0 Å². The lowest BCUT2D eigenvalue weighted by Gasteiger charge is -2.25. The van der Waals surface area contributed by atoms with Crippen LogP contribution in [0.4, 0.5) is 10.8 Å². The second-order valence-corrected chi connectivity index (χ2v) is 7.87. The summed E-state index contributed by atoms with van der Waals surface area (Å²) in [6.07, 6.45) is 3.68. The summed E-state index contributed by atoms with van der Waals surface area (Å²) >= 11 is 1.68. The summed E-state index contributed by atoms with van der Waals surface area (Å²) in [6.45, 7) is 4.16. The molecule has 1 saturated heterocycles. The Kier molecular flexibility index (Phi) is 4.90. The molecule has 0 bridgehead atoms. The van der Waals surface area contributed by atoms with E-state index in [9.17, 15) is 10.1 Å². The van der Waals surface area contributed by atoms with Crippen LogP contribution in [0.1, 0.15) is 24.8 Å². The average molecular weight is 379 g/mol. The van der Waals surface area contributed by atoms with Crippen molar-refractivity contribution < 1.29 is 4.92 Å². The van der Waals surface area contributed by atoms with Gasteiger partial charge in [0.05, 0.1) is 15.5 Å². The zero-order chi connectivity index (χ0) is 18.8. The molecule has 0 spiro atoms. The van der Waals surface area contributed by atoms with Gasteiger partial charge in [-0.3, -0.25) is 10.1 Å². The Bertz CT molecular complexity index is 943. The molecule has 27 heavy (non-hydrogen) atoms. The van der Waals surface area contributed by atoms with Crippen molar-refractivity contribution in [2.24, 2.45) is 0 Å². The molecule has 1 fully saturated rings. The zero-order valence-electron chi connectivity index (χ0n) is 15.2. The molecule has 5 nitrogen and oxygen atoms in total. The van der Waals surface area contributed by atoms with Gasteiger partial charge in [-0.05, 0) is 43.9 Å². The number of rotatable bonds is 4. The van der Waals surface area contributed by atoms with Crippen molar-refractivity contribution in [2.45, 2.75) is 26.2 Å². The Hall–Kier alpha value is -2.73. The maximum absolute atomic E-state index is 11.0. The molecule has 2 aromatic carbocycles. The van der Waals surface area contributed by atoms with Gasteiger partial charge < -0.3 is 4.90 Å². The standard InChI is InChI=1S/C21H21N3O2S/c1-15-5-7-16(8-6-15)19-20(17-9-11-18(12-10-17)24(25)26)27-21(22-19)23-13-3-2-4-14-23/h5-12H,2-4,13-14H2,1H3. The summed E-state index contributed by atoms with van der Waals surface area (Å²) in [7, 11) is 0. The normalized spacial score (nSPS) is 14.3. The number of non-ortho nitro benzene ring substituents is 1. The van der Waals surface area contributed by atoms with E-state index in [4.69, 9.17) is 4.98 Å². The first-order valence-corrected chi connectivity index (χ1v) is 10.0. The van der Waals surface area contributed by atoms with E-state index in [-0.39, 0.29) is 10.6 Å². The van der Waals surface area contributed by atoms with E-state index in [0.29, 0.717) is 0 Å². The number of nitrogens with zero attached hydrogens (tertiary/aromatic N) is 3. The van der Waals surface area contributed by atoms with Gasteiger partial charge in [-0.15, -0.1) is 0 Å². The third-order valence-electron chi connectivity index (χ3n) is 4.91. The minimum Gasteiger partial charge on any atom is -0.348 e. The molecule has 1 aliphatic rings. The number of nitro benzene ring substituents is 1. The van der Waals surface area contributed by atoms with E-state index < -0.39 is 0 Å². The molecule has 0 radical (unpaired) electrons. The van der Waals surface area contributed by atoms with Gasteiger partial charge >= 0.3 is 0 Å². The lowest BCUT2D eigenvalue weighted by Crippen LogP contribution is -2.29. The summed E-state index contributed by atoms with van der Waals surface area (Å²) in [5.74, 6) is 0. The Morgan fingerprint density at radius 2 is 1.59 bits per heavy atom. The van der Waals surface area contributed by atoms with E-state index in [0.717, 1.165) is 39.9 Å². The predicted octanol–water partition coefficient (Wildman–Crippen LogP) is 5.68. The maximum atomic E-state index is 11.0. The van der Waals surface area contributed by atoms with Gasteiger partial charge in [0, 0.05) is 30.8 Å². The van der Waals surface area contributed by atoms with E-state index in [1.54, 1.807) is 23.5 Å². The lowest BCUT2D eigenvalue weighted by atomic mass is 10.1. The number of anilines is 1. The fourth-order valence-corrected chi connectivity index (χ4v) is 4.51. The van der Waals surface area contributed by atoms with Gasteiger partial charge in [0.1, 0.15) is 0 Å². The van der Waals surface area contributed by atoms with Gasteiger partial charge in [-0.1, -0.05) is 41.2 Å². The number of piperidine rings is 1.